The SMILES string of the molecule is COCCCn1cccc(C(=O)NCC2(CN(C)C)CCOCC2)c1=O. The van der Waals surface area contributed by atoms with Gasteiger partial charge in [0.1, 0.15) is 5.56 Å². The first-order chi connectivity index (χ1) is 12.5. The molecular formula is C19H31N3O4. The molecule has 0 radical (unpaired) electrons. The zero-order valence-electron chi connectivity index (χ0n) is 16.1. The van der Waals surface area contributed by atoms with Crippen LogP contribution in [0, 0.1) is 5.41 Å². The summed E-state index contributed by atoms with van der Waals surface area (Å²) in [6.07, 6.45) is 4.25. The number of hydrogen-bond donors (Lipinski definition) is 1. The predicted molar refractivity (Wildman–Crippen MR) is 101 cm³/mol. The average molecular weight is 365 g/mol. The molecule has 0 saturated carbocycles. The number of amides is 1. The van der Waals surface area contributed by atoms with E-state index in [0.717, 1.165) is 25.8 Å². The quantitative estimate of drug-likeness (QED) is 0.660. The third-order valence-corrected chi connectivity index (χ3v) is 4.84. The smallest absolute Gasteiger partial charge is 0.263 e. The van der Waals surface area contributed by atoms with Gasteiger partial charge in [-0.2, -0.15) is 0 Å². The van der Waals surface area contributed by atoms with Crippen molar-refractivity contribution >= 4 is 5.91 Å². The van der Waals surface area contributed by atoms with Crippen molar-refractivity contribution in [2.45, 2.75) is 25.8 Å². The molecule has 2 rings (SSSR count). The second-order valence-electron chi connectivity index (χ2n) is 7.30. The Bertz CT molecular complexity index is 636. The van der Waals surface area contributed by atoms with Crippen molar-refractivity contribution in [3.05, 3.63) is 34.2 Å². The molecule has 26 heavy (non-hydrogen) atoms. The molecule has 7 nitrogen and oxygen atoms in total. The van der Waals surface area contributed by atoms with Gasteiger partial charge >= 0.3 is 0 Å². The lowest BCUT2D eigenvalue weighted by Gasteiger charge is -2.39. The van der Waals surface area contributed by atoms with Crippen LogP contribution in [-0.4, -0.2) is 69.5 Å². The molecule has 1 aliphatic rings. The minimum atomic E-state index is -0.305. The van der Waals surface area contributed by atoms with Crippen LogP contribution in [0.1, 0.15) is 29.6 Å². The van der Waals surface area contributed by atoms with Crippen LogP contribution in [0.4, 0.5) is 0 Å². The highest BCUT2D eigenvalue weighted by Crippen LogP contribution is 2.30. The van der Waals surface area contributed by atoms with Gasteiger partial charge in [-0.25, -0.2) is 0 Å². The highest BCUT2D eigenvalue weighted by atomic mass is 16.5. The van der Waals surface area contributed by atoms with Gasteiger partial charge in [0.2, 0.25) is 0 Å². The first-order valence-electron chi connectivity index (χ1n) is 9.16. The molecule has 0 atom stereocenters. The molecule has 0 aromatic carbocycles. The summed E-state index contributed by atoms with van der Waals surface area (Å²) in [5.41, 5.74) is -0.0735. The summed E-state index contributed by atoms with van der Waals surface area (Å²) in [7, 11) is 5.70. The molecular weight excluding hydrogens is 334 g/mol. The number of nitrogens with zero attached hydrogens (tertiary/aromatic N) is 2. The van der Waals surface area contributed by atoms with E-state index >= 15 is 0 Å². The Balaban J connectivity index is 2.04. The van der Waals surface area contributed by atoms with E-state index in [-0.39, 0.29) is 22.4 Å². The highest BCUT2D eigenvalue weighted by Gasteiger charge is 2.33. The van der Waals surface area contributed by atoms with Crippen LogP contribution in [0.25, 0.3) is 0 Å². The molecule has 0 aliphatic carbocycles. The molecule has 0 spiro atoms. The molecule has 1 amide bonds. The maximum Gasteiger partial charge on any atom is 0.263 e. The standard InChI is InChI=1S/C19H31N3O4/c1-21(2)15-19(7-12-26-13-8-19)14-20-17(23)16-6-4-9-22(18(16)24)10-5-11-25-3/h4,6,9H,5,7-8,10-15H2,1-3H3,(H,20,23). The van der Waals surface area contributed by atoms with Crippen LogP contribution < -0.4 is 10.9 Å². The second kappa shape index (κ2) is 9.85. The van der Waals surface area contributed by atoms with Gasteiger partial charge in [0, 0.05) is 58.2 Å². The van der Waals surface area contributed by atoms with Crippen LogP contribution in [0.15, 0.2) is 23.1 Å². The summed E-state index contributed by atoms with van der Waals surface area (Å²) < 4.78 is 12.1. The van der Waals surface area contributed by atoms with Gasteiger partial charge in [-0.15, -0.1) is 0 Å². The van der Waals surface area contributed by atoms with Crippen molar-refractivity contribution in [2.75, 3.05) is 54.1 Å². The van der Waals surface area contributed by atoms with E-state index in [2.05, 4.69) is 10.2 Å². The monoisotopic (exact) mass is 365 g/mol. The van der Waals surface area contributed by atoms with Crippen LogP contribution in [-0.2, 0) is 16.0 Å². The summed E-state index contributed by atoms with van der Waals surface area (Å²) in [5, 5.41) is 2.99. The minimum absolute atomic E-state index is 0.0102. The molecule has 1 aromatic rings. The Hall–Kier alpha value is -1.70. The first-order valence-corrected chi connectivity index (χ1v) is 9.16. The predicted octanol–water partition coefficient (Wildman–Crippen LogP) is 0.973. The van der Waals surface area contributed by atoms with Crippen molar-refractivity contribution in [3.8, 4) is 0 Å². The Labute approximate surface area is 155 Å². The lowest BCUT2D eigenvalue weighted by molar-refractivity contribution is 0.00284. The van der Waals surface area contributed by atoms with E-state index in [9.17, 15) is 9.59 Å². The zero-order valence-corrected chi connectivity index (χ0v) is 16.1. The molecule has 1 aliphatic heterocycles. The number of ether oxygens (including phenoxy) is 2. The number of hydrogen-bond acceptors (Lipinski definition) is 5. The van der Waals surface area contributed by atoms with Crippen molar-refractivity contribution in [3.63, 3.8) is 0 Å². The number of pyridine rings is 1. The first kappa shape index (κ1) is 20.6. The summed E-state index contributed by atoms with van der Waals surface area (Å²) in [6, 6.07) is 3.33. The van der Waals surface area contributed by atoms with Gasteiger partial charge in [0.05, 0.1) is 0 Å². The lowest BCUT2D eigenvalue weighted by atomic mass is 9.79. The topological polar surface area (TPSA) is 72.8 Å². The summed E-state index contributed by atoms with van der Waals surface area (Å²) in [5.74, 6) is -0.305. The van der Waals surface area contributed by atoms with E-state index in [1.54, 1.807) is 30.0 Å². The molecule has 1 aromatic heterocycles. The summed E-state index contributed by atoms with van der Waals surface area (Å²) >= 11 is 0. The van der Waals surface area contributed by atoms with E-state index < -0.39 is 0 Å². The molecule has 0 bridgehead atoms. The molecule has 2 heterocycles. The molecule has 146 valence electrons. The fourth-order valence-electron chi connectivity index (χ4n) is 3.49. The Kier molecular flexibility index (Phi) is 7.81. The van der Waals surface area contributed by atoms with Crippen molar-refractivity contribution in [1.82, 2.24) is 14.8 Å². The third-order valence-electron chi connectivity index (χ3n) is 4.84. The molecule has 0 unspecified atom stereocenters. The number of carbonyl (C=O) groups is 1. The highest BCUT2D eigenvalue weighted by molar-refractivity contribution is 5.93. The molecule has 1 saturated heterocycles. The molecule has 7 heteroatoms. The van der Waals surface area contributed by atoms with E-state index in [1.807, 2.05) is 14.1 Å². The maximum absolute atomic E-state index is 12.6. The van der Waals surface area contributed by atoms with Gasteiger partial charge < -0.3 is 24.3 Å². The van der Waals surface area contributed by atoms with Crippen LogP contribution >= 0.6 is 0 Å². The lowest BCUT2D eigenvalue weighted by Crippen LogP contribution is -2.47. The van der Waals surface area contributed by atoms with Crippen molar-refractivity contribution < 1.29 is 14.3 Å². The fourth-order valence-corrected chi connectivity index (χ4v) is 3.49. The largest absolute Gasteiger partial charge is 0.385 e. The molecule has 1 N–H and O–H groups in total. The Morgan fingerprint density at radius 2 is 2.12 bits per heavy atom. The van der Waals surface area contributed by atoms with Gasteiger partial charge in [-0.3, -0.25) is 9.59 Å². The number of rotatable bonds is 9. The van der Waals surface area contributed by atoms with Crippen LogP contribution in [0.5, 0.6) is 0 Å². The van der Waals surface area contributed by atoms with E-state index in [0.29, 0.717) is 32.9 Å². The van der Waals surface area contributed by atoms with Crippen LogP contribution in [0.3, 0.4) is 0 Å². The minimum Gasteiger partial charge on any atom is -0.385 e. The Morgan fingerprint density at radius 3 is 2.77 bits per heavy atom. The van der Waals surface area contributed by atoms with Gasteiger partial charge in [0.25, 0.3) is 11.5 Å². The maximum atomic E-state index is 12.6. The number of aromatic nitrogens is 1. The second-order valence-corrected chi connectivity index (χ2v) is 7.30. The third kappa shape index (κ3) is 5.65. The van der Waals surface area contributed by atoms with Crippen molar-refractivity contribution in [2.24, 2.45) is 5.41 Å². The fraction of sp³-hybridized carbons (Fsp3) is 0.684. The number of aryl methyl sites for hydroxylation is 1. The van der Waals surface area contributed by atoms with E-state index in [4.69, 9.17) is 9.47 Å². The van der Waals surface area contributed by atoms with Gasteiger partial charge in [-0.05, 0) is 45.5 Å². The number of nitrogens with one attached hydrogen (secondary N) is 1. The van der Waals surface area contributed by atoms with Crippen molar-refractivity contribution in [1.29, 1.82) is 0 Å². The van der Waals surface area contributed by atoms with Gasteiger partial charge in [0.15, 0.2) is 0 Å². The zero-order chi connectivity index (χ0) is 19.0. The summed E-state index contributed by atoms with van der Waals surface area (Å²) in [6.45, 7) is 3.97. The normalized spacial score (nSPS) is 16.6. The average Bonchev–Trinajstić information content (AvgIpc) is 2.61. The van der Waals surface area contributed by atoms with Crippen LogP contribution in [0.2, 0.25) is 0 Å². The number of carbonyl (C=O) groups excluding carboxylic acids is 1. The number of methoxy groups -OCH3 is 1. The van der Waals surface area contributed by atoms with E-state index in [1.165, 1.54) is 0 Å². The summed E-state index contributed by atoms with van der Waals surface area (Å²) in [4.78, 5) is 27.3. The Morgan fingerprint density at radius 1 is 1.38 bits per heavy atom. The van der Waals surface area contributed by atoms with Gasteiger partial charge in [-0.1, -0.05) is 0 Å². The molecule has 1 fully saturated rings.